The molecule has 2 saturated heterocycles. The molecule has 4 heterocycles. The topological polar surface area (TPSA) is 99.6 Å². The molecule has 9 nitrogen and oxygen atoms in total. The molecule has 1 unspecified atom stereocenters. The molecule has 6 rings (SSSR count). The number of benzene rings is 2. The van der Waals surface area contributed by atoms with Crippen LogP contribution in [0.1, 0.15) is 19.8 Å². The van der Waals surface area contributed by atoms with Crippen LogP contribution in [-0.2, 0) is 19.1 Å². The van der Waals surface area contributed by atoms with Crippen LogP contribution < -0.4 is 14.5 Å². The quantitative estimate of drug-likeness (QED) is 0.526. The summed E-state index contributed by atoms with van der Waals surface area (Å²) in [5.41, 5.74) is -0.987. The Morgan fingerprint density at radius 1 is 0.878 bits per heavy atom. The van der Waals surface area contributed by atoms with Gasteiger partial charge in [-0.1, -0.05) is 49.4 Å². The number of carbonyl (C=O) groups is 3. The summed E-state index contributed by atoms with van der Waals surface area (Å²) in [4.78, 5) is 48.2. The lowest BCUT2D eigenvalue weighted by Gasteiger charge is -2.38. The van der Waals surface area contributed by atoms with Gasteiger partial charge < -0.3 is 29.3 Å². The molecule has 4 aliphatic heterocycles. The second kappa shape index (κ2) is 10.5. The van der Waals surface area contributed by atoms with E-state index in [0.717, 1.165) is 5.69 Å². The Morgan fingerprint density at radius 3 is 2.20 bits per heavy atom. The molecule has 2 aromatic rings. The fourth-order valence-corrected chi connectivity index (χ4v) is 7.08. The highest BCUT2D eigenvalue weighted by atomic mass is 16.5. The Labute approximate surface area is 239 Å². The molecule has 0 radical (unpaired) electrons. The van der Waals surface area contributed by atoms with Gasteiger partial charge in [0, 0.05) is 37.6 Å². The monoisotopic (exact) mass is 557 g/mol. The molecule has 9 heteroatoms. The molecule has 214 valence electrons. The van der Waals surface area contributed by atoms with Gasteiger partial charge in [0.1, 0.15) is 17.4 Å². The first-order valence-electron chi connectivity index (χ1n) is 14.2. The van der Waals surface area contributed by atoms with Crippen molar-refractivity contribution in [3.05, 3.63) is 78.9 Å². The molecule has 0 bridgehead atoms. The largest absolute Gasteiger partial charge is 0.497 e. The fraction of sp³-hybridized carbons (Fsp3) is 0.406. The molecule has 0 aliphatic carbocycles. The summed E-state index contributed by atoms with van der Waals surface area (Å²) < 4.78 is 12.3. The van der Waals surface area contributed by atoms with Crippen molar-refractivity contribution in [3.8, 4) is 5.75 Å². The van der Waals surface area contributed by atoms with Crippen LogP contribution in [0.2, 0.25) is 0 Å². The third kappa shape index (κ3) is 4.09. The maximum Gasteiger partial charge on any atom is 0.253 e. The maximum absolute atomic E-state index is 14.5. The highest BCUT2D eigenvalue weighted by Gasteiger charge is 2.75. The van der Waals surface area contributed by atoms with Crippen LogP contribution in [-0.4, -0.2) is 78.3 Å². The number of likely N-dealkylation sites (tertiary alicyclic amines) is 1. The molecule has 1 spiro atoms. The summed E-state index contributed by atoms with van der Waals surface area (Å²) >= 11 is 0. The minimum atomic E-state index is -1.34. The standard InChI is InChI=1S/C32H35N3O6/c1-3-31-16-7-18-33(22-10-5-4-6-11-22)28(37)25(31)26-29(38)35(20-9-21-36)27-30(39)34(19-8-17-32(26,27)41-31)23-12-14-24(40-2)15-13-23/h4-8,10-17,25-27,36H,3,9,18-21H2,1-2H3/t25-,26-,27?,31+,32-/m0/s1. The number of aliphatic hydroxyl groups is 1. The van der Waals surface area contributed by atoms with Gasteiger partial charge in [-0.25, -0.2) is 0 Å². The minimum absolute atomic E-state index is 0.132. The summed E-state index contributed by atoms with van der Waals surface area (Å²) in [5, 5.41) is 9.66. The first-order valence-corrected chi connectivity index (χ1v) is 14.2. The number of hydrogen-bond donors (Lipinski definition) is 1. The van der Waals surface area contributed by atoms with Gasteiger partial charge in [0.2, 0.25) is 11.8 Å². The lowest BCUT2D eigenvalue weighted by atomic mass is 9.73. The maximum atomic E-state index is 14.5. The fourth-order valence-electron chi connectivity index (χ4n) is 7.08. The van der Waals surface area contributed by atoms with E-state index in [9.17, 15) is 19.5 Å². The Kier molecular flexibility index (Phi) is 6.95. The van der Waals surface area contributed by atoms with Crippen molar-refractivity contribution in [2.75, 3.05) is 43.2 Å². The average Bonchev–Trinajstić information content (AvgIpc) is 3.28. The van der Waals surface area contributed by atoms with Crippen molar-refractivity contribution in [1.29, 1.82) is 0 Å². The van der Waals surface area contributed by atoms with E-state index >= 15 is 0 Å². The predicted molar refractivity (Wildman–Crippen MR) is 153 cm³/mol. The molecular formula is C32H35N3O6. The predicted octanol–water partition coefficient (Wildman–Crippen LogP) is 2.94. The zero-order valence-electron chi connectivity index (χ0n) is 23.3. The summed E-state index contributed by atoms with van der Waals surface area (Å²) in [6.07, 6.45) is 8.34. The zero-order valence-corrected chi connectivity index (χ0v) is 23.3. The number of nitrogens with zero attached hydrogens (tertiary/aromatic N) is 3. The Hall–Kier alpha value is -3.95. The van der Waals surface area contributed by atoms with E-state index in [-0.39, 0.29) is 37.4 Å². The van der Waals surface area contributed by atoms with Crippen molar-refractivity contribution in [2.24, 2.45) is 11.8 Å². The number of fused-ring (bicyclic) bond motifs is 2. The number of rotatable bonds is 7. The third-order valence-corrected chi connectivity index (χ3v) is 8.95. The van der Waals surface area contributed by atoms with Gasteiger partial charge in [0.15, 0.2) is 0 Å². The van der Waals surface area contributed by atoms with Crippen molar-refractivity contribution in [3.63, 3.8) is 0 Å². The summed E-state index contributed by atoms with van der Waals surface area (Å²) in [5.74, 6) is -1.84. The summed E-state index contributed by atoms with van der Waals surface area (Å²) in [6.45, 7) is 2.64. The van der Waals surface area contributed by atoms with Gasteiger partial charge >= 0.3 is 0 Å². The lowest BCUT2D eigenvalue weighted by molar-refractivity contribution is -0.145. The van der Waals surface area contributed by atoms with Crippen LogP contribution in [0.4, 0.5) is 11.4 Å². The number of amides is 3. The first kappa shape index (κ1) is 27.2. The highest BCUT2D eigenvalue weighted by Crippen LogP contribution is 2.58. The molecule has 0 saturated carbocycles. The number of carbonyl (C=O) groups excluding carboxylic acids is 3. The number of para-hydroxylation sites is 1. The Balaban J connectivity index is 1.47. The SMILES string of the molecule is CC[C@@]12C=CCN(c3ccccc3)C(=O)[C@@H]1[C@H]1C(=O)N(CCCO)C3C(=O)N(c4ccc(OC)cc4)CC=C[C@@]31O2. The molecule has 3 amide bonds. The molecule has 2 fully saturated rings. The van der Waals surface area contributed by atoms with Gasteiger partial charge in [-0.15, -0.1) is 0 Å². The Morgan fingerprint density at radius 2 is 1.54 bits per heavy atom. The van der Waals surface area contributed by atoms with Crippen LogP contribution in [0.25, 0.3) is 0 Å². The molecule has 4 aliphatic rings. The van der Waals surface area contributed by atoms with E-state index in [1.165, 1.54) is 4.90 Å². The summed E-state index contributed by atoms with van der Waals surface area (Å²) in [7, 11) is 1.58. The molecule has 41 heavy (non-hydrogen) atoms. The highest BCUT2D eigenvalue weighted by molar-refractivity contribution is 6.07. The van der Waals surface area contributed by atoms with Gasteiger partial charge in [0.25, 0.3) is 5.91 Å². The first-order chi connectivity index (χ1) is 19.9. The van der Waals surface area contributed by atoms with E-state index in [4.69, 9.17) is 9.47 Å². The molecule has 5 atom stereocenters. The summed E-state index contributed by atoms with van der Waals surface area (Å²) in [6, 6.07) is 15.6. The van der Waals surface area contributed by atoms with Crippen LogP contribution in [0.3, 0.4) is 0 Å². The molecule has 2 aromatic carbocycles. The number of hydrogen-bond acceptors (Lipinski definition) is 6. The normalized spacial score (nSPS) is 30.7. The van der Waals surface area contributed by atoms with Crippen LogP contribution in [0.15, 0.2) is 78.9 Å². The van der Waals surface area contributed by atoms with Gasteiger partial charge in [-0.2, -0.15) is 0 Å². The van der Waals surface area contributed by atoms with Crippen LogP contribution >= 0.6 is 0 Å². The Bertz CT molecular complexity index is 1390. The van der Waals surface area contributed by atoms with E-state index < -0.39 is 29.1 Å². The lowest BCUT2D eigenvalue weighted by Crippen LogP contribution is -2.56. The van der Waals surface area contributed by atoms with Gasteiger partial charge in [-0.05, 0) is 49.2 Å². The van der Waals surface area contributed by atoms with E-state index in [1.807, 2.05) is 73.7 Å². The van der Waals surface area contributed by atoms with Crippen LogP contribution in [0, 0.1) is 11.8 Å². The van der Waals surface area contributed by atoms with E-state index in [0.29, 0.717) is 30.8 Å². The average molecular weight is 558 g/mol. The van der Waals surface area contributed by atoms with Crippen molar-refractivity contribution >= 4 is 29.1 Å². The van der Waals surface area contributed by atoms with Crippen molar-refractivity contribution in [1.82, 2.24) is 4.90 Å². The molecular weight excluding hydrogens is 522 g/mol. The second-order valence-corrected chi connectivity index (χ2v) is 11.0. The van der Waals surface area contributed by atoms with E-state index in [2.05, 4.69) is 0 Å². The third-order valence-electron chi connectivity index (χ3n) is 8.95. The smallest absolute Gasteiger partial charge is 0.253 e. The van der Waals surface area contributed by atoms with Crippen molar-refractivity contribution < 1.29 is 29.0 Å². The molecule has 1 N–H and O–H groups in total. The van der Waals surface area contributed by atoms with E-state index in [1.54, 1.807) is 29.0 Å². The van der Waals surface area contributed by atoms with Crippen LogP contribution in [0.5, 0.6) is 5.75 Å². The van der Waals surface area contributed by atoms with Gasteiger partial charge in [0.05, 0.1) is 24.5 Å². The number of anilines is 2. The zero-order chi connectivity index (χ0) is 28.8. The van der Waals surface area contributed by atoms with Gasteiger partial charge in [-0.3, -0.25) is 14.4 Å². The molecule has 0 aromatic heterocycles. The number of ether oxygens (including phenoxy) is 2. The number of aliphatic hydroxyl groups excluding tert-OH is 1. The minimum Gasteiger partial charge on any atom is -0.497 e. The second-order valence-electron chi connectivity index (χ2n) is 11.0. The number of methoxy groups -OCH3 is 1. The van der Waals surface area contributed by atoms with Crippen molar-refractivity contribution in [2.45, 2.75) is 37.0 Å².